The first-order valence-electron chi connectivity index (χ1n) is 5.07. The third kappa shape index (κ3) is 3.23. The second kappa shape index (κ2) is 6.56. The highest BCUT2D eigenvalue weighted by molar-refractivity contribution is 5.66. The van der Waals surface area contributed by atoms with E-state index in [1.807, 2.05) is 12.1 Å². The Morgan fingerprint density at radius 3 is 2.59 bits per heavy atom. The normalized spacial score (nSPS) is 10.8. The number of methoxy groups -OCH3 is 3. The first-order valence-corrected chi connectivity index (χ1v) is 5.07. The first kappa shape index (κ1) is 13.1. The van der Waals surface area contributed by atoms with E-state index in [0.29, 0.717) is 17.1 Å². The molecule has 0 saturated carbocycles. The molecule has 0 heterocycles. The molecule has 0 fully saturated rings. The SMILES string of the molecule is COC/C(C#N)=C\c1cccc(OC)c1OC. The summed E-state index contributed by atoms with van der Waals surface area (Å²) in [4.78, 5) is 0. The van der Waals surface area contributed by atoms with Crippen LogP contribution in [0.1, 0.15) is 5.56 Å². The van der Waals surface area contributed by atoms with E-state index >= 15 is 0 Å². The maximum Gasteiger partial charge on any atom is 0.167 e. The van der Waals surface area contributed by atoms with Crippen molar-refractivity contribution in [2.24, 2.45) is 0 Å². The van der Waals surface area contributed by atoms with Gasteiger partial charge in [-0.15, -0.1) is 0 Å². The summed E-state index contributed by atoms with van der Waals surface area (Å²) in [6.45, 7) is 0.275. The average molecular weight is 233 g/mol. The van der Waals surface area contributed by atoms with Crippen LogP contribution in [0.2, 0.25) is 0 Å². The highest BCUT2D eigenvalue weighted by Crippen LogP contribution is 2.32. The van der Waals surface area contributed by atoms with Gasteiger partial charge in [0.1, 0.15) is 0 Å². The maximum atomic E-state index is 8.94. The second-order valence-corrected chi connectivity index (χ2v) is 3.30. The summed E-state index contributed by atoms with van der Waals surface area (Å²) in [6.07, 6.45) is 1.73. The molecule has 0 unspecified atom stereocenters. The molecule has 90 valence electrons. The molecule has 1 aromatic carbocycles. The van der Waals surface area contributed by atoms with Crippen LogP contribution in [0.4, 0.5) is 0 Å². The van der Waals surface area contributed by atoms with E-state index in [2.05, 4.69) is 6.07 Å². The Morgan fingerprint density at radius 1 is 1.29 bits per heavy atom. The van der Waals surface area contributed by atoms with Crippen LogP contribution >= 0.6 is 0 Å². The summed E-state index contributed by atoms with van der Waals surface area (Å²) in [5.74, 6) is 1.25. The fourth-order valence-corrected chi connectivity index (χ4v) is 1.48. The summed E-state index contributed by atoms with van der Waals surface area (Å²) in [7, 11) is 4.69. The zero-order valence-corrected chi connectivity index (χ0v) is 10.2. The van der Waals surface area contributed by atoms with Crippen molar-refractivity contribution in [2.45, 2.75) is 0 Å². The Morgan fingerprint density at radius 2 is 2.06 bits per heavy atom. The minimum atomic E-state index is 0.275. The zero-order valence-electron chi connectivity index (χ0n) is 10.2. The topological polar surface area (TPSA) is 51.5 Å². The molecule has 0 spiro atoms. The summed E-state index contributed by atoms with van der Waals surface area (Å²) in [5, 5.41) is 8.94. The lowest BCUT2D eigenvalue weighted by Crippen LogP contribution is -1.95. The number of para-hydroxylation sites is 1. The smallest absolute Gasteiger partial charge is 0.167 e. The van der Waals surface area contributed by atoms with Crippen LogP contribution in [-0.4, -0.2) is 27.9 Å². The molecule has 0 aliphatic carbocycles. The van der Waals surface area contributed by atoms with Crippen molar-refractivity contribution in [1.29, 1.82) is 5.26 Å². The predicted molar refractivity (Wildman–Crippen MR) is 65.0 cm³/mol. The molecule has 0 aliphatic rings. The van der Waals surface area contributed by atoms with E-state index in [0.717, 1.165) is 5.56 Å². The molecule has 0 aromatic heterocycles. The highest BCUT2D eigenvalue weighted by Gasteiger charge is 2.08. The van der Waals surface area contributed by atoms with Crippen molar-refractivity contribution in [3.05, 3.63) is 29.3 Å². The molecule has 1 aromatic rings. The molecular formula is C13H15NO3. The fraction of sp³-hybridized carbons (Fsp3) is 0.308. The van der Waals surface area contributed by atoms with E-state index in [4.69, 9.17) is 19.5 Å². The Balaban J connectivity index is 3.18. The van der Waals surface area contributed by atoms with Gasteiger partial charge in [-0.1, -0.05) is 12.1 Å². The molecule has 0 radical (unpaired) electrons. The molecule has 0 saturated heterocycles. The van der Waals surface area contributed by atoms with Crippen LogP contribution in [-0.2, 0) is 4.74 Å². The number of rotatable bonds is 5. The number of hydrogen-bond donors (Lipinski definition) is 0. The molecule has 0 aliphatic heterocycles. The first-order chi connectivity index (χ1) is 8.26. The fourth-order valence-electron chi connectivity index (χ4n) is 1.48. The largest absolute Gasteiger partial charge is 0.493 e. The van der Waals surface area contributed by atoms with Gasteiger partial charge in [-0.25, -0.2) is 0 Å². The van der Waals surface area contributed by atoms with Crippen LogP contribution in [0.25, 0.3) is 6.08 Å². The third-order valence-electron chi connectivity index (χ3n) is 2.21. The van der Waals surface area contributed by atoms with Gasteiger partial charge >= 0.3 is 0 Å². The monoisotopic (exact) mass is 233 g/mol. The van der Waals surface area contributed by atoms with Gasteiger partial charge < -0.3 is 14.2 Å². The summed E-state index contributed by atoms with van der Waals surface area (Å²) >= 11 is 0. The number of benzene rings is 1. The molecule has 4 heteroatoms. The lowest BCUT2D eigenvalue weighted by atomic mass is 10.1. The minimum absolute atomic E-state index is 0.275. The molecule has 4 nitrogen and oxygen atoms in total. The summed E-state index contributed by atoms with van der Waals surface area (Å²) in [5.41, 5.74) is 1.32. The minimum Gasteiger partial charge on any atom is -0.493 e. The van der Waals surface area contributed by atoms with Crippen LogP contribution in [0.5, 0.6) is 11.5 Å². The van der Waals surface area contributed by atoms with Crippen molar-refractivity contribution >= 4 is 6.08 Å². The van der Waals surface area contributed by atoms with Crippen LogP contribution in [0.3, 0.4) is 0 Å². The van der Waals surface area contributed by atoms with E-state index < -0.39 is 0 Å². The van der Waals surface area contributed by atoms with Gasteiger partial charge in [-0.05, 0) is 12.1 Å². The van der Waals surface area contributed by atoms with Crippen molar-refractivity contribution < 1.29 is 14.2 Å². The highest BCUT2D eigenvalue weighted by atomic mass is 16.5. The second-order valence-electron chi connectivity index (χ2n) is 3.30. The molecule has 0 N–H and O–H groups in total. The van der Waals surface area contributed by atoms with Gasteiger partial charge in [0.25, 0.3) is 0 Å². The molecular weight excluding hydrogens is 218 g/mol. The van der Waals surface area contributed by atoms with Crippen molar-refractivity contribution in [3.63, 3.8) is 0 Å². The van der Waals surface area contributed by atoms with Gasteiger partial charge in [-0.2, -0.15) is 5.26 Å². The average Bonchev–Trinajstić information content (AvgIpc) is 2.37. The lowest BCUT2D eigenvalue weighted by Gasteiger charge is -2.10. The quantitative estimate of drug-likeness (QED) is 0.732. The van der Waals surface area contributed by atoms with Gasteiger partial charge in [0, 0.05) is 12.7 Å². The Labute approximate surface area is 101 Å². The van der Waals surface area contributed by atoms with Crippen molar-refractivity contribution in [1.82, 2.24) is 0 Å². The lowest BCUT2D eigenvalue weighted by molar-refractivity contribution is 0.229. The summed E-state index contributed by atoms with van der Waals surface area (Å²) in [6, 6.07) is 7.58. The Hall–Kier alpha value is -1.99. The number of ether oxygens (including phenoxy) is 3. The molecule has 0 atom stereocenters. The van der Waals surface area contributed by atoms with Gasteiger partial charge in [0.15, 0.2) is 11.5 Å². The zero-order chi connectivity index (χ0) is 12.7. The Kier molecular flexibility index (Phi) is 5.05. The standard InChI is InChI=1S/C13H15NO3/c1-15-9-10(8-14)7-11-5-4-6-12(16-2)13(11)17-3/h4-7H,9H2,1-3H3/b10-7-. The third-order valence-corrected chi connectivity index (χ3v) is 2.21. The van der Waals surface area contributed by atoms with E-state index in [9.17, 15) is 0 Å². The molecule has 17 heavy (non-hydrogen) atoms. The summed E-state index contributed by atoms with van der Waals surface area (Å²) < 4.78 is 15.4. The van der Waals surface area contributed by atoms with Crippen molar-refractivity contribution in [3.8, 4) is 17.6 Å². The number of hydrogen-bond acceptors (Lipinski definition) is 4. The van der Waals surface area contributed by atoms with E-state index in [-0.39, 0.29) is 6.61 Å². The van der Waals surface area contributed by atoms with Gasteiger partial charge in [0.05, 0.1) is 32.5 Å². The van der Waals surface area contributed by atoms with Crippen molar-refractivity contribution in [2.75, 3.05) is 27.9 Å². The predicted octanol–water partition coefficient (Wildman–Crippen LogP) is 2.26. The molecule has 0 amide bonds. The maximum absolute atomic E-state index is 8.94. The van der Waals surface area contributed by atoms with Gasteiger partial charge in [0.2, 0.25) is 0 Å². The molecule has 0 bridgehead atoms. The van der Waals surface area contributed by atoms with Crippen LogP contribution < -0.4 is 9.47 Å². The van der Waals surface area contributed by atoms with Crippen LogP contribution in [0.15, 0.2) is 23.8 Å². The molecule has 1 rings (SSSR count). The van der Waals surface area contributed by atoms with Gasteiger partial charge in [-0.3, -0.25) is 0 Å². The van der Waals surface area contributed by atoms with E-state index in [1.165, 1.54) is 0 Å². The van der Waals surface area contributed by atoms with Crippen LogP contribution in [0, 0.1) is 11.3 Å². The number of nitrogens with zero attached hydrogens (tertiary/aromatic N) is 1. The number of nitriles is 1. The Bertz CT molecular complexity index is 446. The van der Waals surface area contributed by atoms with E-state index in [1.54, 1.807) is 33.5 Å².